The molecule has 53 heavy (non-hydrogen) atoms. The van der Waals surface area contributed by atoms with Crippen molar-refractivity contribution < 1.29 is 44.2 Å². The maximum Gasteiger partial charge on any atom is 0.308 e. The number of nitrogens with zero attached hydrogens (tertiary/aromatic N) is 5. The van der Waals surface area contributed by atoms with E-state index in [4.69, 9.17) is 14.2 Å². The molecule has 0 spiro atoms. The molecule has 0 amide bonds. The van der Waals surface area contributed by atoms with Gasteiger partial charge in [0, 0.05) is 48.9 Å². The lowest BCUT2D eigenvalue weighted by Gasteiger charge is -2.41. The summed E-state index contributed by atoms with van der Waals surface area (Å²) in [6, 6.07) is 2.92. The Labute approximate surface area is 313 Å². The zero-order valence-electron chi connectivity index (χ0n) is 32.5. The predicted molar refractivity (Wildman–Crippen MR) is 199 cm³/mol. The van der Waals surface area contributed by atoms with Crippen molar-refractivity contribution in [2.24, 2.45) is 23.7 Å². The molecule has 0 aliphatic carbocycles. The number of ketones is 1. The van der Waals surface area contributed by atoms with Gasteiger partial charge in [-0.05, 0) is 78.3 Å². The molecular formula is C39H61N5O9. The van der Waals surface area contributed by atoms with Crippen LogP contribution in [-0.4, -0.2) is 127 Å². The van der Waals surface area contributed by atoms with Crippen LogP contribution in [0, 0.1) is 23.7 Å². The number of hydrogen-bond acceptors (Lipinski definition) is 13. The Kier molecular flexibility index (Phi) is 17.9. The number of aromatic nitrogens is 4. The van der Waals surface area contributed by atoms with Crippen LogP contribution in [-0.2, 0) is 30.3 Å². The van der Waals surface area contributed by atoms with E-state index in [-0.39, 0.29) is 25.4 Å². The molecule has 1 aliphatic rings. The molecule has 0 saturated carbocycles. The molecule has 2 aromatic heterocycles. The number of cyclic esters (lactones) is 1. The van der Waals surface area contributed by atoms with Crippen LogP contribution in [0.5, 0.6) is 0 Å². The van der Waals surface area contributed by atoms with E-state index in [0.717, 1.165) is 11.1 Å². The number of aliphatic hydroxyl groups is 4. The first-order valence-electron chi connectivity index (χ1n) is 18.7. The van der Waals surface area contributed by atoms with Crippen molar-refractivity contribution in [2.75, 3.05) is 27.3 Å². The summed E-state index contributed by atoms with van der Waals surface area (Å²) < 4.78 is 20.2. The zero-order chi connectivity index (χ0) is 39.2. The number of esters is 1. The van der Waals surface area contributed by atoms with Crippen LogP contribution in [0.2, 0.25) is 0 Å². The molecule has 0 radical (unpaired) electrons. The molecule has 1 aliphatic heterocycles. The van der Waals surface area contributed by atoms with Crippen molar-refractivity contribution in [1.82, 2.24) is 24.9 Å². The van der Waals surface area contributed by atoms with Crippen molar-refractivity contribution in [3.63, 3.8) is 0 Å². The Morgan fingerprint density at radius 2 is 1.81 bits per heavy atom. The Morgan fingerprint density at radius 3 is 2.42 bits per heavy atom. The van der Waals surface area contributed by atoms with E-state index in [1.165, 1.54) is 6.08 Å². The van der Waals surface area contributed by atoms with Gasteiger partial charge in [0.1, 0.15) is 17.9 Å². The molecule has 14 heteroatoms. The van der Waals surface area contributed by atoms with Crippen molar-refractivity contribution in [3.05, 3.63) is 54.5 Å². The van der Waals surface area contributed by atoms with Crippen LogP contribution in [0.15, 0.2) is 54.5 Å². The van der Waals surface area contributed by atoms with E-state index in [1.807, 2.05) is 39.1 Å². The molecule has 4 N–H and O–H groups in total. The van der Waals surface area contributed by atoms with Crippen LogP contribution in [0.4, 0.5) is 0 Å². The van der Waals surface area contributed by atoms with Crippen LogP contribution in [0.25, 0.3) is 11.3 Å². The Hall–Kier alpha value is -3.37. The molecule has 3 rings (SSSR count). The van der Waals surface area contributed by atoms with E-state index in [1.54, 1.807) is 69.0 Å². The molecule has 0 bridgehead atoms. The highest BCUT2D eigenvalue weighted by Crippen LogP contribution is 2.33. The number of aryl methyl sites for hydroxylation is 1. The molecule has 14 nitrogen and oxygen atoms in total. The fourth-order valence-corrected chi connectivity index (χ4v) is 7.05. The highest BCUT2D eigenvalue weighted by molar-refractivity contribution is 5.91. The van der Waals surface area contributed by atoms with E-state index >= 15 is 0 Å². The van der Waals surface area contributed by atoms with Gasteiger partial charge in [-0.3, -0.25) is 19.3 Å². The smallest absolute Gasteiger partial charge is 0.308 e. The second-order valence-corrected chi connectivity index (χ2v) is 14.5. The van der Waals surface area contributed by atoms with Crippen molar-refractivity contribution in [1.29, 1.82) is 0 Å². The van der Waals surface area contributed by atoms with Crippen LogP contribution in [0.1, 0.15) is 67.2 Å². The fourth-order valence-electron chi connectivity index (χ4n) is 7.05. The number of rotatable bonds is 14. The monoisotopic (exact) mass is 743 g/mol. The van der Waals surface area contributed by atoms with Crippen LogP contribution >= 0.6 is 0 Å². The van der Waals surface area contributed by atoms with E-state index in [2.05, 4.69) is 15.3 Å². The Morgan fingerprint density at radius 1 is 1.11 bits per heavy atom. The molecule has 11 atom stereocenters. The number of carbonyl (C=O) groups excluding carboxylic acids is 2. The van der Waals surface area contributed by atoms with Gasteiger partial charge in [0.25, 0.3) is 0 Å². The van der Waals surface area contributed by atoms with Gasteiger partial charge < -0.3 is 39.5 Å². The molecule has 0 aromatic carbocycles. The van der Waals surface area contributed by atoms with Crippen molar-refractivity contribution in [2.45, 2.75) is 117 Å². The third kappa shape index (κ3) is 12.9. The third-order valence-corrected chi connectivity index (χ3v) is 10.1. The minimum atomic E-state index is -1.31. The third-order valence-electron chi connectivity index (χ3n) is 10.1. The van der Waals surface area contributed by atoms with Crippen LogP contribution < -0.4 is 0 Å². The van der Waals surface area contributed by atoms with Gasteiger partial charge in [0.05, 0.1) is 43.6 Å². The molecule has 3 heterocycles. The highest BCUT2D eigenvalue weighted by Gasteiger charge is 2.41. The normalized spacial score (nSPS) is 29.2. The summed E-state index contributed by atoms with van der Waals surface area (Å²) in [6.07, 6.45) is 4.75. The summed E-state index contributed by atoms with van der Waals surface area (Å²) >= 11 is 0. The largest absolute Gasteiger partial charge is 0.462 e. The van der Waals surface area contributed by atoms with Gasteiger partial charge in [-0.25, -0.2) is 0 Å². The van der Waals surface area contributed by atoms with Gasteiger partial charge in [-0.2, -0.15) is 0 Å². The fraction of sp³-hybridized carbons (Fsp3) is 0.667. The van der Waals surface area contributed by atoms with E-state index in [9.17, 15) is 30.0 Å². The number of carbonyl (C=O) groups is 2. The van der Waals surface area contributed by atoms with E-state index in [0.29, 0.717) is 31.5 Å². The summed E-state index contributed by atoms with van der Waals surface area (Å²) in [7, 11) is 3.47. The molecule has 0 fully saturated rings. The molecule has 2 unspecified atom stereocenters. The second-order valence-electron chi connectivity index (χ2n) is 14.5. The number of ether oxygens (including phenoxy) is 3. The maximum absolute atomic E-state index is 13.6. The summed E-state index contributed by atoms with van der Waals surface area (Å²) in [5.41, 5.74) is 2.25. The number of hydrogen-bond donors (Lipinski definition) is 4. The van der Waals surface area contributed by atoms with Gasteiger partial charge in [0.2, 0.25) is 0 Å². The molecule has 296 valence electrons. The van der Waals surface area contributed by atoms with Crippen molar-refractivity contribution in [3.8, 4) is 11.3 Å². The number of likely N-dealkylation sites (N-methyl/N-ethyl adjacent to an activating group) is 1. The minimum Gasteiger partial charge on any atom is -0.462 e. The molecular weight excluding hydrogens is 682 g/mol. The number of aliphatic hydroxyl groups excluding tert-OH is 4. The molecule has 0 saturated heterocycles. The highest BCUT2D eigenvalue weighted by atomic mass is 16.7. The lowest BCUT2D eigenvalue weighted by molar-refractivity contribution is -0.251. The quantitative estimate of drug-likeness (QED) is 0.163. The van der Waals surface area contributed by atoms with Gasteiger partial charge in [-0.1, -0.05) is 43.7 Å². The van der Waals surface area contributed by atoms with Crippen LogP contribution in [0.3, 0.4) is 0 Å². The van der Waals surface area contributed by atoms with Gasteiger partial charge in [-0.15, -0.1) is 5.10 Å². The number of allylic oxidation sites excluding steroid dienone is 3. The summed E-state index contributed by atoms with van der Waals surface area (Å²) in [4.78, 5) is 32.7. The summed E-state index contributed by atoms with van der Waals surface area (Å²) in [5.74, 6) is -2.90. The van der Waals surface area contributed by atoms with Gasteiger partial charge in [0.15, 0.2) is 12.1 Å². The van der Waals surface area contributed by atoms with Gasteiger partial charge >= 0.3 is 5.97 Å². The topological polar surface area (TPSA) is 190 Å². The predicted octanol–water partition coefficient (Wildman–Crippen LogP) is 3.19. The standard InChI is InChI=1S/C39H61N5O9/c1-9-34-30(23-45)19-24(3)11-12-32(47)25(4)20-29(15-18-44-22-31(41-42-44)28-13-16-40-17-14-28)38(26(5)33(48)21-35(49)52-34)53-39(51-10-2)37(50)36(27(6)46)43(7)8/h11-14,16-17,19,22,25-27,29-30,33-34,36-39,45-46,48,50H,9-10,15,18,20-21,23H2,1-8H3/b12-11+,24-19+/t25-,26+,27-,29+,30-,33-,34-,36?,37?,38-,39+/m1/s1. The zero-order valence-corrected chi connectivity index (χ0v) is 32.5. The molecule has 2 aromatic rings. The average molecular weight is 744 g/mol. The SMILES string of the molecule is CCO[C@@H](O[C@H]1[C@@H](CCn2cc(-c3ccncc3)nn2)C[C@@H](C)C(=O)/C=C/C(C)=C/[C@H](CO)[C@@H](CC)OC(=O)C[C@@H](O)[C@@H]1C)C(O)C([C@@H](C)O)N(C)C. The lowest BCUT2D eigenvalue weighted by Crippen LogP contribution is -2.54. The first-order valence-corrected chi connectivity index (χ1v) is 18.7. The first kappa shape index (κ1) is 44.0. The van der Waals surface area contributed by atoms with Crippen molar-refractivity contribution >= 4 is 11.8 Å². The lowest BCUT2D eigenvalue weighted by atomic mass is 9.79. The maximum atomic E-state index is 13.6. The Bertz CT molecular complexity index is 1460. The Balaban J connectivity index is 2.10. The summed E-state index contributed by atoms with van der Waals surface area (Å²) in [6.45, 7) is 10.9. The second kappa shape index (κ2) is 21.5. The van der Waals surface area contributed by atoms with E-state index < -0.39 is 72.5 Å². The summed E-state index contributed by atoms with van der Waals surface area (Å²) in [5, 5.41) is 52.7. The average Bonchev–Trinajstić information content (AvgIpc) is 3.60. The minimum absolute atomic E-state index is 0.121. The first-order chi connectivity index (χ1) is 25.2. The number of pyridine rings is 1.